The largest absolute Gasteiger partial charge is 0.462 e. The first-order chi connectivity index (χ1) is 11.4. The Kier molecular flexibility index (Phi) is 7.64. The van der Waals surface area contributed by atoms with E-state index >= 15 is 0 Å². The number of esters is 1. The minimum Gasteiger partial charge on any atom is -0.462 e. The number of ether oxygens (including phenoxy) is 1. The van der Waals surface area contributed by atoms with Crippen LogP contribution in [0.3, 0.4) is 0 Å². The molecule has 0 aliphatic carbocycles. The van der Waals surface area contributed by atoms with Gasteiger partial charge in [-0.1, -0.05) is 18.2 Å². The van der Waals surface area contributed by atoms with Crippen molar-refractivity contribution in [3.05, 3.63) is 47.0 Å². The van der Waals surface area contributed by atoms with Crippen molar-refractivity contribution in [3.8, 4) is 0 Å². The standard InChI is InChI=1S/C17H20O7/c1-4-22-16(20)13-7-5-6-8-14(13)17(21)24-23-15(19)11(2)9-10-12(3)18/h5-9,12,18H,4,10H2,1-3H3. The normalized spacial score (nSPS) is 12.2. The number of aliphatic hydroxyl groups excluding tert-OH is 1. The molecule has 0 heterocycles. The van der Waals surface area contributed by atoms with Gasteiger partial charge in [0, 0.05) is 5.57 Å². The lowest BCUT2D eigenvalue weighted by molar-refractivity contribution is -0.229. The molecule has 0 aliphatic rings. The molecule has 7 nitrogen and oxygen atoms in total. The molecule has 0 aliphatic heterocycles. The van der Waals surface area contributed by atoms with E-state index in [4.69, 9.17) is 9.84 Å². The fraction of sp³-hybridized carbons (Fsp3) is 0.353. The second kappa shape index (κ2) is 9.46. The Morgan fingerprint density at radius 2 is 1.71 bits per heavy atom. The molecule has 1 atom stereocenters. The number of aliphatic hydroxyl groups is 1. The van der Waals surface area contributed by atoms with Crippen LogP contribution in [0.4, 0.5) is 0 Å². The van der Waals surface area contributed by atoms with Gasteiger partial charge in [-0.2, -0.15) is 0 Å². The van der Waals surface area contributed by atoms with E-state index in [1.807, 2.05) is 0 Å². The minimum absolute atomic E-state index is 0.0155. The third kappa shape index (κ3) is 5.85. The van der Waals surface area contributed by atoms with E-state index < -0.39 is 24.0 Å². The monoisotopic (exact) mass is 336 g/mol. The number of hydrogen-bond acceptors (Lipinski definition) is 7. The van der Waals surface area contributed by atoms with E-state index in [0.717, 1.165) is 0 Å². The fourth-order valence-corrected chi connectivity index (χ4v) is 1.66. The third-order valence-electron chi connectivity index (χ3n) is 2.92. The summed E-state index contributed by atoms with van der Waals surface area (Å²) in [6.45, 7) is 4.83. The SMILES string of the molecule is CCOC(=O)c1ccccc1C(=O)OOC(=O)C(C)=CCC(C)O. The second-order valence-electron chi connectivity index (χ2n) is 4.98. The van der Waals surface area contributed by atoms with Gasteiger partial charge >= 0.3 is 17.9 Å². The van der Waals surface area contributed by atoms with Crippen molar-refractivity contribution in [2.24, 2.45) is 0 Å². The van der Waals surface area contributed by atoms with Gasteiger partial charge < -0.3 is 9.84 Å². The summed E-state index contributed by atoms with van der Waals surface area (Å²) in [4.78, 5) is 44.4. The van der Waals surface area contributed by atoms with Gasteiger partial charge in [0.2, 0.25) is 0 Å². The first-order valence-corrected chi connectivity index (χ1v) is 7.41. The van der Waals surface area contributed by atoms with Gasteiger partial charge in [0.15, 0.2) is 0 Å². The molecule has 0 fully saturated rings. The number of carbonyl (C=O) groups excluding carboxylic acids is 3. The summed E-state index contributed by atoms with van der Waals surface area (Å²) in [6, 6.07) is 5.87. The van der Waals surface area contributed by atoms with E-state index in [2.05, 4.69) is 9.78 Å². The molecule has 0 radical (unpaired) electrons. The Morgan fingerprint density at radius 1 is 1.12 bits per heavy atom. The van der Waals surface area contributed by atoms with E-state index in [9.17, 15) is 14.4 Å². The highest BCUT2D eigenvalue weighted by Gasteiger charge is 2.21. The third-order valence-corrected chi connectivity index (χ3v) is 2.92. The quantitative estimate of drug-likeness (QED) is 0.368. The van der Waals surface area contributed by atoms with Crippen molar-refractivity contribution in [3.63, 3.8) is 0 Å². The van der Waals surface area contributed by atoms with Gasteiger partial charge in [0.25, 0.3) is 0 Å². The summed E-state index contributed by atoms with van der Waals surface area (Å²) in [7, 11) is 0. The highest BCUT2D eigenvalue weighted by Crippen LogP contribution is 2.13. The van der Waals surface area contributed by atoms with Gasteiger partial charge in [0.1, 0.15) is 0 Å². The number of benzene rings is 1. The van der Waals surface area contributed by atoms with Crippen LogP contribution in [0.15, 0.2) is 35.9 Å². The molecule has 1 aromatic carbocycles. The molecule has 1 unspecified atom stereocenters. The maximum absolute atomic E-state index is 12.0. The average Bonchev–Trinajstić information content (AvgIpc) is 2.57. The molecule has 1 aromatic rings. The number of carbonyl (C=O) groups is 3. The van der Waals surface area contributed by atoms with Crippen LogP contribution in [0.1, 0.15) is 47.9 Å². The van der Waals surface area contributed by atoms with Crippen molar-refractivity contribution in [2.45, 2.75) is 33.3 Å². The van der Waals surface area contributed by atoms with Crippen molar-refractivity contribution in [1.82, 2.24) is 0 Å². The van der Waals surface area contributed by atoms with Gasteiger partial charge in [0.05, 0.1) is 23.8 Å². The highest BCUT2D eigenvalue weighted by molar-refractivity contribution is 6.03. The maximum atomic E-state index is 12.0. The molecule has 1 N–H and O–H groups in total. The fourth-order valence-electron chi connectivity index (χ4n) is 1.66. The predicted molar refractivity (Wildman–Crippen MR) is 84.0 cm³/mol. The van der Waals surface area contributed by atoms with Gasteiger partial charge in [-0.3, -0.25) is 0 Å². The zero-order valence-corrected chi connectivity index (χ0v) is 13.8. The molecule has 0 aromatic heterocycles. The molecule has 0 amide bonds. The van der Waals surface area contributed by atoms with Crippen LogP contribution in [0.5, 0.6) is 0 Å². The van der Waals surface area contributed by atoms with Crippen LogP contribution >= 0.6 is 0 Å². The Balaban J connectivity index is 2.74. The zero-order valence-electron chi connectivity index (χ0n) is 13.8. The zero-order chi connectivity index (χ0) is 18.1. The summed E-state index contributed by atoms with van der Waals surface area (Å²) in [6.07, 6.45) is 1.13. The van der Waals surface area contributed by atoms with Crippen LogP contribution in [-0.2, 0) is 19.3 Å². The van der Waals surface area contributed by atoms with E-state index in [-0.39, 0.29) is 29.7 Å². The van der Waals surface area contributed by atoms with Crippen LogP contribution in [0.2, 0.25) is 0 Å². The molecule has 0 bridgehead atoms. The van der Waals surface area contributed by atoms with Crippen molar-refractivity contribution >= 4 is 17.9 Å². The molecular formula is C17H20O7. The molecule has 0 saturated carbocycles. The highest BCUT2D eigenvalue weighted by atomic mass is 17.2. The topological polar surface area (TPSA) is 99.1 Å². The molecular weight excluding hydrogens is 316 g/mol. The lowest BCUT2D eigenvalue weighted by atomic mass is 10.1. The Hall–Kier alpha value is -2.67. The summed E-state index contributed by atoms with van der Waals surface area (Å²) in [5, 5.41) is 9.15. The summed E-state index contributed by atoms with van der Waals surface area (Å²) < 4.78 is 4.85. The first-order valence-electron chi connectivity index (χ1n) is 7.41. The van der Waals surface area contributed by atoms with Crippen LogP contribution in [0, 0.1) is 0 Å². The summed E-state index contributed by atoms with van der Waals surface area (Å²) in [5.41, 5.74) is 0.124. The molecule has 7 heteroatoms. The molecule has 130 valence electrons. The number of hydrogen-bond donors (Lipinski definition) is 1. The Bertz CT molecular complexity index is 632. The summed E-state index contributed by atoms with van der Waals surface area (Å²) in [5.74, 6) is -2.53. The van der Waals surface area contributed by atoms with Crippen LogP contribution in [0.25, 0.3) is 0 Å². The van der Waals surface area contributed by atoms with E-state index in [1.165, 1.54) is 31.2 Å². The smallest absolute Gasteiger partial charge is 0.387 e. The van der Waals surface area contributed by atoms with Crippen LogP contribution in [-0.4, -0.2) is 35.7 Å². The predicted octanol–water partition coefficient (Wildman–Crippen LogP) is 2.20. The number of rotatable bonds is 6. The Labute approximate surface area is 139 Å². The second-order valence-corrected chi connectivity index (χ2v) is 4.98. The van der Waals surface area contributed by atoms with Crippen molar-refractivity contribution < 1.29 is 34.0 Å². The first kappa shape index (κ1) is 19.4. The molecule has 24 heavy (non-hydrogen) atoms. The Morgan fingerprint density at radius 3 is 2.25 bits per heavy atom. The lowest BCUT2D eigenvalue weighted by Gasteiger charge is -2.08. The minimum atomic E-state index is -0.990. The molecule has 0 spiro atoms. The molecule has 0 saturated heterocycles. The summed E-state index contributed by atoms with van der Waals surface area (Å²) >= 11 is 0. The van der Waals surface area contributed by atoms with Gasteiger partial charge in [-0.05, 0) is 39.3 Å². The molecule has 1 rings (SSSR count). The van der Waals surface area contributed by atoms with Crippen molar-refractivity contribution in [1.29, 1.82) is 0 Å². The van der Waals surface area contributed by atoms with Gasteiger partial charge in [-0.25, -0.2) is 24.2 Å². The van der Waals surface area contributed by atoms with Gasteiger partial charge in [-0.15, -0.1) is 0 Å². The maximum Gasteiger partial charge on any atom is 0.387 e. The van der Waals surface area contributed by atoms with E-state index in [1.54, 1.807) is 19.9 Å². The lowest BCUT2D eigenvalue weighted by Crippen LogP contribution is -2.16. The van der Waals surface area contributed by atoms with Crippen molar-refractivity contribution in [2.75, 3.05) is 6.61 Å². The van der Waals surface area contributed by atoms with Crippen LogP contribution < -0.4 is 0 Å². The van der Waals surface area contributed by atoms with E-state index in [0.29, 0.717) is 0 Å². The average molecular weight is 336 g/mol.